The molecular weight excluding hydrogens is 219 g/mol. The van der Waals surface area contributed by atoms with Crippen LogP contribution in [-0.2, 0) is 11.2 Å². The van der Waals surface area contributed by atoms with E-state index in [1.165, 1.54) is 22.3 Å². The van der Waals surface area contributed by atoms with Crippen LogP contribution in [0.4, 0.5) is 0 Å². The highest BCUT2D eigenvalue weighted by Gasteiger charge is 2.25. The van der Waals surface area contributed by atoms with Gasteiger partial charge in [0.25, 0.3) is 0 Å². The van der Waals surface area contributed by atoms with Crippen molar-refractivity contribution >= 4 is 7.85 Å². The summed E-state index contributed by atoms with van der Waals surface area (Å²) in [5.74, 6) is 0. The maximum absolute atomic E-state index is 6.18. The SMILES string of the molecule is BC1OC(c2ccccc2C)Cc2ccccc21. The predicted molar refractivity (Wildman–Crippen MR) is 76.4 cm³/mol. The van der Waals surface area contributed by atoms with Gasteiger partial charge < -0.3 is 4.74 Å². The first-order valence-electron chi connectivity index (χ1n) is 6.54. The van der Waals surface area contributed by atoms with Crippen LogP contribution in [0.25, 0.3) is 0 Å². The Morgan fingerprint density at radius 3 is 2.44 bits per heavy atom. The number of aryl methyl sites for hydroxylation is 1. The highest BCUT2D eigenvalue weighted by Crippen LogP contribution is 2.36. The normalized spacial score (nSPS) is 22.5. The van der Waals surface area contributed by atoms with Crippen molar-refractivity contribution in [2.75, 3.05) is 0 Å². The van der Waals surface area contributed by atoms with Crippen molar-refractivity contribution in [3.8, 4) is 0 Å². The molecule has 0 amide bonds. The zero-order valence-corrected chi connectivity index (χ0v) is 10.9. The van der Waals surface area contributed by atoms with E-state index in [-0.39, 0.29) is 12.1 Å². The molecule has 2 aromatic rings. The monoisotopic (exact) mass is 236 g/mol. The molecule has 0 bridgehead atoms. The van der Waals surface area contributed by atoms with Crippen LogP contribution in [0.1, 0.15) is 34.4 Å². The lowest BCUT2D eigenvalue weighted by Gasteiger charge is -2.31. The predicted octanol–water partition coefficient (Wildman–Crippen LogP) is 2.94. The fourth-order valence-corrected chi connectivity index (χ4v) is 2.82. The molecule has 0 saturated heterocycles. The van der Waals surface area contributed by atoms with Crippen molar-refractivity contribution in [1.82, 2.24) is 0 Å². The second kappa shape index (κ2) is 4.62. The molecule has 0 saturated carbocycles. The number of ether oxygens (including phenoxy) is 1. The molecule has 0 aromatic heterocycles. The molecule has 1 nitrogen and oxygen atoms in total. The maximum Gasteiger partial charge on any atom is 0.145 e. The average Bonchev–Trinajstić information content (AvgIpc) is 2.39. The Bertz CT molecular complexity index is 565. The Morgan fingerprint density at radius 1 is 1.00 bits per heavy atom. The second-order valence-electron chi connectivity index (χ2n) is 5.03. The van der Waals surface area contributed by atoms with Gasteiger partial charge >= 0.3 is 0 Å². The molecular formula is C16H17BO. The zero-order valence-electron chi connectivity index (χ0n) is 10.9. The van der Waals surface area contributed by atoms with E-state index in [1.54, 1.807) is 0 Å². The lowest BCUT2D eigenvalue weighted by atomic mass is 9.82. The fraction of sp³-hybridized carbons (Fsp3) is 0.250. The van der Waals surface area contributed by atoms with Gasteiger partial charge in [0.15, 0.2) is 0 Å². The van der Waals surface area contributed by atoms with Gasteiger partial charge in [0.1, 0.15) is 7.85 Å². The molecule has 2 aromatic carbocycles. The fourth-order valence-electron chi connectivity index (χ4n) is 2.82. The quantitative estimate of drug-likeness (QED) is 0.691. The van der Waals surface area contributed by atoms with Gasteiger partial charge in [-0.3, -0.25) is 0 Å². The summed E-state index contributed by atoms with van der Waals surface area (Å²) in [6, 6.07) is 17.3. The molecule has 0 spiro atoms. The first-order valence-corrected chi connectivity index (χ1v) is 6.54. The summed E-state index contributed by atoms with van der Waals surface area (Å²) in [6.45, 7) is 2.16. The molecule has 1 aliphatic heterocycles. The van der Waals surface area contributed by atoms with E-state index in [4.69, 9.17) is 4.74 Å². The Balaban J connectivity index is 1.97. The van der Waals surface area contributed by atoms with E-state index < -0.39 is 0 Å². The van der Waals surface area contributed by atoms with Crippen LogP contribution >= 0.6 is 0 Å². The minimum absolute atomic E-state index is 0.180. The summed E-state index contributed by atoms with van der Waals surface area (Å²) in [5, 5.41) is 0. The maximum atomic E-state index is 6.18. The van der Waals surface area contributed by atoms with E-state index >= 15 is 0 Å². The van der Waals surface area contributed by atoms with E-state index in [0.717, 1.165) is 6.42 Å². The number of hydrogen-bond acceptors (Lipinski definition) is 1. The number of hydrogen-bond donors (Lipinski definition) is 0. The lowest BCUT2D eigenvalue weighted by Crippen LogP contribution is -2.21. The van der Waals surface area contributed by atoms with Crippen molar-refractivity contribution in [2.45, 2.75) is 25.5 Å². The Morgan fingerprint density at radius 2 is 1.67 bits per heavy atom. The molecule has 2 heteroatoms. The van der Waals surface area contributed by atoms with E-state index in [1.807, 2.05) is 0 Å². The van der Waals surface area contributed by atoms with Gasteiger partial charge in [-0.2, -0.15) is 0 Å². The lowest BCUT2D eigenvalue weighted by molar-refractivity contribution is 0.0162. The van der Waals surface area contributed by atoms with Crippen molar-refractivity contribution in [3.63, 3.8) is 0 Å². The molecule has 2 unspecified atom stereocenters. The third-order valence-electron chi connectivity index (χ3n) is 3.80. The third kappa shape index (κ3) is 1.97. The molecule has 2 atom stereocenters. The summed E-state index contributed by atoms with van der Waals surface area (Å²) in [5.41, 5.74) is 5.39. The average molecular weight is 236 g/mol. The van der Waals surface area contributed by atoms with E-state index in [9.17, 15) is 0 Å². The summed E-state index contributed by atoms with van der Waals surface area (Å²) >= 11 is 0. The van der Waals surface area contributed by atoms with Gasteiger partial charge in [-0.1, -0.05) is 48.5 Å². The molecule has 0 N–H and O–H groups in total. The highest BCUT2D eigenvalue weighted by atomic mass is 16.5. The van der Waals surface area contributed by atoms with Crippen molar-refractivity contribution in [1.29, 1.82) is 0 Å². The Hall–Kier alpha value is -1.54. The van der Waals surface area contributed by atoms with Gasteiger partial charge in [0.2, 0.25) is 0 Å². The van der Waals surface area contributed by atoms with Gasteiger partial charge in [-0.15, -0.1) is 0 Å². The van der Waals surface area contributed by atoms with Crippen molar-refractivity contribution in [3.05, 3.63) is 70.8 Å². The largest absolute Gasteiger partial charge is 0.374 e. The topological polar surface area (TPSA) is 9.23 Å². The molecule has 0 aliphatic carbocycles. The van der Waals surface area contributed by atoms with E-state index in [0.29, 0.717) is 0 Å². The highest BCUT2D eigenvalue weighted by molar-refractivity contribution is 6.11. The molecule has 1 aliphatic rings. The molecule has 1 heterocycles. The van der Waals surface area contributed by atoms with Crippen LogP contribution in [0.15, 0.2) is 48.5 Å². The molecule has 0 radical (unpaired) electrons. The molecule has 90 valence electrons. The van der Waals surface area contributed by atoms with Crippen LogP contribution in [0, 0.1) is 6.92 Å². The van der Waals surface area contributed by atoms with Crippen molar-refractivity contribution < 1.29 is 4.74 Å². The summed E-state index contributed by atoms with van der Waals surface area (Å²) in [7, 11) is 2.14. The van der Waals surface area contributed by atoms with Gasteiger partial charge in [0.05, 0.1) is 6.10 Å². The summed E-state index contributed by atoms with van der Waals surface area (Å²) in [4.78, 5) is 0. The van der Waals surface area contributed by atoms with Gasteiger partial charge in [0, 0.05) is 12.4 Å². The van der Waals surface area contributed by atoms with Gasteiger partial charge in [-0.05, 0) is 29.2 Å². The van der Waals surface area contributed by atoms with Crippen LogP contribution < -0.4 is 0 Å². The number of rotatable bonds is 1. The summed E-state index contributed by atoms with van der Waals surface area (Å²) < 4.78 is 6.18. The minimum Gasteiger partial charge on any atom is -0.374 e. The number of benzene rings is 2. The Labute approximate surface area is 109 Å². The van der Waals surface area contributed by atoms with Crippen LogP contribution in [0.3, 0.4) is 0 Å². The van der Waals surface area contributed by atoms with Crippen LogP contribution in [0.5, 0.6) is 0 Å². The molecule has 3 rings (SSSR count). The summed E-state index contributed by atoms with van der Waals surface area (Å²) in [6.07, 6.45) is 1.17. The number of fused-ring (bicyclic) bond motifs is 1. The zero-order chi connectivity index (χ0) is 12.5. The first-order chi connectivity index (χ1) is 8.75. The van der Waals surface area contributed by atoms with Crippen LogP contribution in [0.2, 0.25) is 0 Å². The minimum atomic E-state index is 0.180. The smallest absolute Gasteiger partial charge is 0.145 e. The standard InChI is InChI=1S/C16H17BO/c1-11-6-2-4-8-13(11)15-10-12-7-3-5-9-14(12)16(17)18-15/h2-9,15-16H,10,17H2,1H3. The molecule has 0 fully saturated rings. The van der Waals surface area contributed by atoms with E-state index in [2.05, 4.69) is 63.3 Å². The third-order valence-corrected chi connectivity index (χ3v) is 3.80. The molecule has 18 heavy (non-hydrogen) atoms. The van der Waals surface area contributed by atoms with Gasteiger partial charge in [-0.25, -0.2) is 0 Å². The van der Waals surface area contributed by atoms with Crippen LogP contribution in [-0.4, -0.2) is 7.85 Å². The van der Waals surface area contributed by atoms with Crippen molar-refractivity contribution in [2.24, 2.45) is 0 Å². The second-order valence-corrected chi connectivity index (χ2v) is 5.03. The Kier molecular flexibility index (Phi) is 2.96. The first kappa shape index (κ1) is 11.5.